The van der Waals surface area contributed by atoms with E-state index in [1.54, 1.807) is 19.2 Å². The second-order valence-corrected chi connectivity index (χ2v) is 6.06. The summed E-state index contributed by atoms with van der Waals surface area (Å²) in [6.07, 6.45) is 1.69. The van der Waals surface area contributed by atoms with Crippen molar-refractivity contribution in [3.05, 3.63) is 70.4 Å². The summed E-state index contributed by atoms with van der Waals surface area (Å²) < 4.78 is 5.22. The number of carbonyl (C=O) groups is 1. The summed E-state index contributed by atoms with van der Waals surface area (Å²) in [5.74, 6) is -0.463. The number of benzene rings is 2. The fourth-order valence-electron chi connectivity index (χ4n) is 2.62. The van der Waals surface area contributed by atoms with Gasteiger partial charge in [0, 0.05) is 28.9 Å². The molecule has 0 aliphatic rings. The average molecular weight is 396 g/mol. The van der Waals surface area contributed by atoms with Gasteiger partial charge in [0.1, 0.15) is 0 Å². The summed E-state index contributed by atoms with van der Waals surface area (Å²) in [6.45, 7) is 2.00. The van der Waals surface area contributed by atoms with Gasteiger partial charge in [-0.3, -0.25) is 25.2 Å². The second-order valence-electron chi connectivity index (χ2n) is 5.66. The molecule has 28 heavy (non-hydrogen) atoms. The molecule has 0 spiro atoms. The van der Waals surface area contributed by atoms with Crippen LogP contribution in [0, 0.1) is 10.1 Å². The SMILES string of the molecule is CCOc1ccc(C(=O)NC(=S)Nc2cccc3ncccc23)cc1[N+](=O)[O-]. The van der Waals surface area contributed by atoms with Crippen molar-refractivity contribution in [1.82, 2.24) is 10.3 Å². The highest BCUT2D eigenvalue weighted by Crippen LogP contribution is 2.28. The molecule has 2 aromatic carbocycles. The molecule has 1 aromatic heterocycles. The quantitative estimate of drug-likeness (QED) is 0.385. The van der Waals surface area contributed by atoms with Crippen molar-refractivity contribution in [1.29, 1.82) is 0 Å². The Hall–Kier alpha value is -3.59. The van der Waals surface area contributed by atoms with Crippen LogP contribution in [-0.2, 0) is 0 Å². The van der Waals surface area contributed by atoms with E-state index in [2.05, 4.69) is 15.6 Å². The van der Waals surface area contributed by atoms with Crippen molar-refractivity contribution in [3.8, 4) is 5.75 Å². The van der Waals surface area contributed by atoms with E-state index >= 15 is 0 Å². The first-order valence-electron chi connectivity index (χ1n) is 8.37. The Bertz CT molecular complexity index is 1070. The average Bonchev–Trinajstić information content (AvgIpc) is 2.68. The lowest BCUT2D eigenvalue weighted by atomic mass is 10.1. The summed E-state index contributed by atoms with van der Waals surface area (Å²) in [5, 5.41) is 17.6. The Morgan fingerprint density at radius 2 is 2.07 bits per heavy atom. The van der Waals surface area contributed by atoms with Gasteiger partial charge < -0.3 is 10.1 Å². The van der Waals surface area contributed by atoms with Gasteiger partial charge >= 0.3 is 5.69 Å². The van der Waals surface area contributed by atoms with E-state index in [-0.39, 0.29) is 28.7 Å². The Kier molecular flexibility index (Phi) is 5.75. The molecule has 2 N–H and O–H groups in total. The predicted octanol–water partition coefficient (Wildman–Crippen LogP) is 3.67. The van der Waals surface area contributed by atoms with Gasteiger partial charge in [0.05, 0.1) is 17.0 Å². The van der Waals surface area contributed by atoms with Crippen LogP contribution in [0.2, 0.25) is 0 Å². The minimum absolute atomic E-state index is 0.0675. The van der Waals surface area contributed by atoms with Crippen LogP contribution in [0.1, 0.15) is 17.3 Å². The second kappa shape index (κ2) is 8.40. The van der Waals surface area contributed by atoms with Gasteiger partial charge in [0.15, 0.2) is 10.9 Å². The molecule has 0 saturated carbocycles. The van der Waals surface area contributed by atoms with Gasteiger partial charge in [-0.2, -0.15) is 0 Å². The fourth-order valence-corrected chi connectivity index (χ4v) is 2.82. The van der Waals surface area contributed by atoms with Crippen molar-refractivity contribution in [2.75, 3.05) is 11.9 Å². The van der Waals surface area contributed by atoms with E-state index in [1.165, 1.54) is 12.1 Å². The van der Waals surface area contributed by atoms with Gasteiger partial charge in [0.2, 0.25) is 0 Å². The number of aromatic nitrogens is 1. The number of carbonyl (C=O) groups excluding carboxylic acids is 1. The number of nitrogens with one attached hydrogen (secondary N) is 2. The van der Waals surface area contributed by atoms with E-state index in [0.29, 0.717) is 5.69 Å². The van der Waals surface area contributed by atoms with Crippen LogP contribution < -0.4 is 15.4 Å². The molecule has 0 saturated heterocycles. The largest absolute Gasteiger partial charge is 0.487 e. The molecule has 8 nitrogen and oxygen atoms in total. The molecule has 3 rings (SSSR count). The lowest BCUT2D eigenvalue weighted by Gasteiger charge is -2.12. The Labute approximate surface area is 165 Å². The van der Waals surface area contributed by atoms with Crippen LogP contribution in [-0.4, -0.2) is 27.5 Å². The minimum atomic E-state index is -0.596. The third kappa shape index (κ3) is 4.21. The van der Waals surface area contributed by atoms with Crippen LogP contribution >= 0.6 is 12.2 Å². The summed E-state index contributed by atoms with van der Waals surface area (Å²) in [5.41, 5.74) is 1.28. The van der Waals surface area contributed by atoms with Gasteiger partial charge in [-0.15, -0.1) is 0 Å². The Balaban J connectivity index is 1.76. The van der Waals surface area contributed by atoms with Crippen LogP contribution in [0.3, 0.4) is 0 Å². The zero-order chi connectivity index (χ0) is 20.1. The number of nitro groups is 1. The minimum Gasteiger partial charge on any atom is -0.487 e. The number of fused-ring (bicyclic) bond motifs is 1. The topological polar surface area (TPSA) is 106 Å². The molecule has 0 unspecified atom stereocenters. The lowest BCUT2D eigenvalue weighted by Crippen LogP contribution is -2.34. The predicted molar refractivity (Wildman–Crippen MR) is 110 cm³/mol. The van der Waals surface area contributed by atoms with Crippen molar-refractivity contribution in [3.63, 3.8) is 0 Å². The number of nitro benzene ring substituents is 1. The summed E-state index contributed by atoms with van der Waals surface area (Å²) in [7, 11) is 0. The monoisotopic (exact) mass is 396 g/mol. The maximum atomic E-state index is 12.4. The molecule has 0 aliphatic heterocycles. The molecule has 0 fully saturated rings. The Morgan fingerprint density at radius 1 is 1.25 bits per heavy atom. The number of pyridine rings is 1. The van der Waals surface area contributed by atoms with E-state index in [0.717, 1.165) is 17.0 Å². The normalized spacial score (nSPS) is 10.3. The van der Waals surface area contributed by atoms with Gasteiger partial charge in [-0.05, 0) is 55.5 Å². The highest BCUT2D eigenvalue weighted by Gasteiger charge is 2.19. The van der Waals surface area contributed by atoms with Crippen molar-refractivity contribution >= 4 is 45.5 Å². The molecule has 1 amide bonds. The van der Waals surface area contributed by atoms with E-state index in [4.69, 9.17) is 17.0 Å². The molecular weight excluding hydrogens is 380 g/mol. The zero-order valence-electron chi connectivity index (χ0n) is 14.8. The molecule has 1 heterocycles. The number of thiocarbonyl (C=S) groups is 1. The number of rotatable bonds is 5. The number of hydrogen-bond acceptors (Lipinski definition) is 6. The van der Waals surface area contributed by atoms with Gasteiger partial charge in [-0.1, -0.05) is 6.07 Å². The number of anilines is 1. The molecular formula is C19H16N4O4S. The lowest BCUT2D eigenvalue weighted by molar-refractivity contribution is -0.385. The molecule has 0 radical (unpaired) electrons. The van der Waals surface area contributed by atoms with E-state index in [9.17, 15) is 14.9 Å². The number of ether oxygens (including phenoxy) is 1. The number of nitrogens with zero attached hydrogens (tertiary/aromatic N) is 2. The van der Waals surface area contributed by atoms with Crippen LogP contribution in [0.5, 0.6) is 5.75 Å². The Morgan fingerprint density at radius 3 is 2.82 bits per heavy atom. The summed E-state index contributed by atoms with van der Waals surface area (Å²) >= 11 is 5.20. The van der Waals surface area contributed by atoms with Crippen LogP contribution in [0.15, 0.2) is 54.7 Å². The van der Waals surface area contributed by atoms with Crippen LogP contribution in [0.4, 0.5) is 11.4 Å². The van der Waals surface area contributed by atoms with E-state index < -0.39 is 10.8 Å². The van der Waals surface area contributed by atoms with Crippen molar-refractivity contribution in [2.24, 2.45) is 0 Å². The van der Waals surface area contributed by atoms with Gasteiger partial charge in [-0.25, -0.2) is 0 Å². The maximum Gasteiger partial charge on any atom is 0.311 e. The first-order valence-corrected chi connectivity index (χ1v) is 8.77. The molecule has 0 bridgehead atoms. The molecule has 3 aromatic rings. The number of amides is 1. The first kappa shape index (κ1) is 19.2. The van der Waals surface area contributed by atoms with E-state index in [1.807, 2.05) is 24.3 Å². The molecule has 0 atom stereocenters. The third-order valence-electron chi connectivity index (χ3n) is 3.84. The smallest absolute Gasteiger partial charge is 0.311 e. The number of hydrogen-bond donors (Lipinski definition) is 2. The highest BCUT2D eigenvalue weighted by atomic mass is 32.1. The summed E-state index contributed by atoms with van der Waals surface area (Å²) in [4.78, 5) is 27.3. The third-order valence-corrected chi connectivity index (χ3v) is 4.04. The van der Waals surface area contributed by atoms with Crippen molar-refractivity contribution < 1.29 is 14.5 Å². The fraction of sp³-hybridized carbons (Fsp3) is 0.105. The first-order chi connectivity index (χ1) is 13.5. The highest BCUT2D eigenvalue weighted by molar-refractivity contribution is 7.80. The molecule has 0 aliphatic carbocycles. The standard InChI is InChI=1S/C19H16N4O4S/c1-2-27-17-9-8-12(11-16(17)23(25)26)18(24)22-19(28)21-15-7-3-6-14-13(15)5-4-10-20-14/h3-11H,2H2,1H3,(H2,21,22,24,28). The molecule has 9 heteroatoms. The molecule has 142 valence electrons. The maximum absolute atomic E-state index is 12.4. The van der Waals surface area contributed by atoms with Crippen LogP contribution in [0.25, 0.3) is 10.9 Å². The van der Waals surface area contributed by atoms with Gasteiger partial charge in [0.25, 0.3) is 5.91 Å². The van der Waals surface area contributed by atoms with Crippen molar-refractivity contribution in [2.45, 2.75) is 6.92 Å². The zero-order valence-corrected chi connectivity index (χ0v) is 15.7. The summed E-state index contributed by atoms with van der Waals surface area (Å²) in [6, 6.07) is 13.2.